The third-order valence-corrected chi connectivity index (χ3v) is 8.15. The molecule has 0 saturated carbocycles. The summed E-state index contributed by atoms with van der Waals surface area (Å²) in [5, 5.41) is 11.6. The Morgan fingerprint density at radius 2 is 1.59 bits per heavy atom. The average Bonchev–Trinajstić information content (AvgIpc) is 3.13. The Balaban J connectivity index is 1.48. The van der Waals surface area contributed by atoms with Crippen molar-refractivity contribution in [3.05, 3.63) is 71.8 Å². The number of nitrogens with two attached hydrogens (primary N) is 3. The molecule has 2 aromatic carbocycles. The molecular formula is C25H29N5O6S. The topological polar surface area (TPSA) is 191 Å². The van der Waals surface area contributed by atoms with Crippen LogP contribution in [0.5, 0.6) is 0 Å². The van der Waals surface area contributed by atoms with Crippen molar-refractivity contribution in [1.29, 1.82) is 0 Å². The molecule has 2 aliphatic heterocycles. The first-order valence-corrected chi connectivity index (χ1v) is 12.4. The Morgan fingerprint density at radius 1 is 1.05 bits per heavy atom. The fourth-order valence-corrected chi connectivity index (χ4v) is 6.16. The molecule has 0 bridgehead atoms. The van der Waals surface area contributed by atoms with Crippen LogP contribution in [0.15, 0.2) is 60.7 Å². The molecule has 11 nitrogen and oxygen atoms in total. The van der Waals surface area contributed by atoms with Crippen LogP contribution in [0.1, 0.15) is 37.1 Å². The van der Waals surface area contributed by atoms with Gasteiger partial charge >= 0.3 is 11.9 Å². The molecule has 2 saturated heterocycles. The van der Waals surface area contributed by atoms with E-state index in [0.717, 1.165) is 0 Å². The van der Waals surface area contributed by atoms with Crippen molar-refractivity contribution in [3.8, 4) is 0 Å². The number of carbonyl (C=O) groups excluding carboxylic acids is 3. The number of rotatable bonds is 8. The second kappa shape index (κ2) is 9.78. The summed E-state index contributed by atoms with van der Waals surface area (Å²) < 4.78 is 4.55. The molecule has 196 valence electrons. The number of fused-ring (bicyclic) bond motifs is 1. The summed E-state index contributed by atoms with van der Waals surface area (Å²) in [4.78, 5) is 52.4. The fraction of sp³-hybridized carbons (Fsp3) is 0.360. The summed E-state index contributed by atoms with van der Waals surface area (Å²) >= 11 is 1.28. The van der Waals surface area contributed by atoms with E-state index in [4.69, 9.17) is 21.9 Å². The first-order chi connectivity index (χ1) is 17.4. The third kappa shape index (κ3) is 4.80. The molecule has 2 aromatic rings. The number of carboxylic acid groups (broad SMARTS) is 1. The molecule has 8 N–H and O–H groups in total. The number of esters is 1. The van der Waals surface area contributed by atoms with Crippen LogP contribution in [-0.4, -0.2) is 61.6 Å². The molecule has 5 atom stereocenters. The summed E-state index contributed by atoms with van der Waals surface area (Å²) in [5.41, 5.74) is 17.2. The Kier molecular flexibility index (Phi) is 7.04. The van der Waals surface area contributed by atoms with Crippen LogP contribution in [-0.2, 0) is 23.9 Å². The van der Waals surface area contributed by atoms with Crippen molar-refractivity contribution in [2.24, 2.45) is 17.2 Å². The molecule has 37 heavy (non-hydrogen) atoms. The minimum atomic E-state index is -2.01. The quantitative estimate of drug-likeness (QED) is 0.180. The van der Waals surface area contributed by atoms with Crippen molar-refractivity contribution in [2.75, 3.05) is 0 Å². The highest BCUT2D eigenvalue weighted by atomic mass is 32.2. The summed E-state index contributed by atoms with van der Waals surface area (Å²) in [7, 11) is 0. The average molecular weight is 528 g/mol. The number of carboxylic acids is 1. The molecule has 2 heterocycles. The monoisotopic (exact) mass is 527 g/mol. The van der Waals surface area contributed by atoms with Gasteiger partial charge in [-0.15, -0.1) is 11.8 Å². The summed E-state index contributed by atoms with van der Waals surface area (Å²) in [6, 6.07) is 13.6. The molecule has 0 aromatic heterocycles. The minimum Gasteiger partial charge on any atom is -0.478 e. The highest BCUT2D eigenvalue weighted by Gasteiger charge is 2.65. The molecule has 5 unspecified atom stereocenters. The molecule has 0 aliphatic carbocycles. The Labute approximate surface area is 217 Å². The van der Waals surface area contributed by atoms with E-state index in [-0.39, 0.29) is 0 Å². The maximum Gasteiger partial charge on any atom is 0.349 e. The van der Waals surface area contributed by atoms with Gasteiger partial charge in [-0.1, -0.05) is 60.7 Å². The molecule has 2 aliphatic rings. The van der Waals surface area contributed by atoms with Crippen LogP contribution < -0.4 is 22.5 Å². The zero-order valence-electron chi connectivity index (χ0n) is 20.2. The van der Waals surface area contributed by atoms with E-state index in [9.17, 15) is 24.3 Å². The van der Waals surface area contributed by atoms with Gasteiger partial charge in [0.2, 0.25) is 12.0 Å². The standard InChI is InChI=1S/C25H29N5O6S/c1-24(2)18(22(34)36-16(21(32)33)13-9-5-3-6-10-13)30-19(31)15(20(30)37-24)29-23(35)25(27,28)17(26)14-11-7-4-8-12-14/h3-12,15-18,20H,26-28H2,1-2H3,(H,29,35)(H,32,33). The van der Waals surface area contributed by atoms with E-state index in [2.05, 4.69) is 5.32 Å². The SMILES string of the molecule is CC1(C)SC2C(NC(=O)C(N)(N)C(N)c3ccccc3)C(=O)N2C1C(=O)OC(C(=O)O)c1ccccc1. The number of aliphatic carboxylic acids is 1. The largest absolute Gasteiger partial charge is 0.478 e. The predicted molar refractivity (Wildman–Crippen MR) is 135 cm³/mol. The predicted octanol–water partition coefficient (Wildman–Crippen LogP) is 0.216. The zero-order chi connectivity index (χ0) is 27.1. The van der Waals surface area contributed by atoms with E-state index in [1.807, 2.05) is 0 Å². The lowest BCUT2D eigenvalue weighted by atomic mass is 9.92. The number of hydrogen-bond acceptors (Lipinski definition) is 9. The highest BCUT2D eigenvalue weighted by molar-refractivity contribution is 8.01. The second-order valence-corrected chi connectivity index (χ2v) is 11.4. The van der Waals surface area contributed by atoms with Crippen LogP contribution in [0, 0.1) is 0 Å². The molecule has 2 fully saturated rings. The van der Waals surface area contributed by atoms with Crippen molar-refractivity contribution >= 4 is 35.5 Å². The van der Waals surface area contributed by atoms with E-state index < -0.39 is 63.8 Å². The van der Waals surface area contributed by atoms with E-state index in [1.54, 1.807) is 62.4 Å². The third-order valence-electron chi connectivity index (χ3n) is 6.58. The Morgan fingerprint density at radius 3 is 2.14 bits per heavy atom. The van der Waals surface area contributed by atoms with Crippen LogP contribution >= 0.6 is 11.8 Å². The van der Waals surface area contributed by atoms with Gasteiger partial charge in [0.1, 0.15) is 17.5 Å². The minimum absolute atomic E-state index is 0.292. The number of β-lactam (4-membered cyclic amide) rings is 1. The van der Waals surface area contributed by atoms with Crippen molar-refractivity contribution in [3.63, 3.8) is 0 Å². The molecule has 0 radical (unpaired) electrons. The Hall–Kier alpha value is -3.45. The van der Waals surface area contributed by atoms with Gasteiger partial charge in [0, 0.05) is 10.3 Å². The number of carbonyl (C=O) groups is 4. The van der Waals surface area contributed by atoms with Gasteiger partial charge in [-0.3, -0.25) is 9.59 Å². The maximum atomic E-state index is 13.2. The first-order valence-electron chi connectivity index (χ1n) is 11.5. The lowest BCUT2D eigenvalue weighted by Crippen LogP contribution is -2.75. The van der Waals surface area contributed by atoms with Crippen LogP contribution in [0.4, 0.5) is 0 Å². The van der Waals surface area contributed by atoms with Gasteiger partial charge in [0.25, 0.3) is 5.91 Å². The van der Waals surface area contributed by atoms with Crippen LogP contribution in [0.2, 0.25) is 0 Å². The number of benzene rings is 2. The summed E-state index contributed by atoms with van der Waals surface area (Å²) in [6.07, 6.45) is -1.53. The summed E-state index contributed by atoms with van der Waals surface area (Å²) in [6.45, 7) is 3.49. The smallest absolute Gasteiger partial charge is 0.349 e. The lowest BCUT2D eigenvalue weighted by molar-refractivity contribution is -0.174. The van der Waals surface area contributed by atoms with Crippen molar-refractivity contribution in [2.45, 2.75) is 53.9 Å². The zero-order valence-corrected chi connectivity index (χ0v) is 21.1. The number of amides is 2. The van der Waals surface area contributed by atoms with E-state index >= 15 is 0 Å². The number of hydrogen-bond donors (Lipinski definition) is 5. The van der Waals surface area contributed by atoms with Crippen LogP contribution in [0.25, 0.3) is 0 Å². The fourth-order valence-electron chi connectivity index (χ4n) is 4.54. The van der Waals surface area contributed by atoms with Gasteiger partial charge < -0.3 is 37.3 Å². The first kappa shape index (κ1) is 26.6. The molecule has 4 rings (SSSR count). The molecule has 0 spiro atoms. The Bertz CT molecular complexity index is 1210. The molecule has 2 amide bonds. The number of ether oxygens (including phenoxy) is 1. The van der Waals surface area contributed by atoms with E-state index in [0.29, 0.717) is 11.1 Å². The number of nitrogens with zero attached hydrogens (tertiary/aromatic N) is 1. The number of nitrogens with one attached hydrogen (secondary N) is 1. The van der Waals surface area contributed by atoms with Gasteiger partial charge in [-0.05, 0) is 19.4 Å². The normalized spacial score (nSPS) is 23.9. The van der Waals surface area contributed by atoms with E-state index in [1.165, 1.54) is 28.8 Å². The highest BCUT2D eigenvalue weighted by Crippen LogP contribution is 2.51. The molecule has 12 heteroatoms. The number of thioether (sulfide) groups is 1. The lowest BCUT2D eigenvalue weighted by Gasteiger charge is -2.45. The van der Waals surface area contributed by atoms with Crippen molar-refractivity contribution in [1.82, 2.24) is 10.2 Å². The maximum absolute atomic E-state index is 13.2. The van der Waals surface area contributed by atoms with Gasteiger partial charge in [-0.2, -0.15) is 0 Å². The van der Waals surface area contributed by atoms with Gasteiger partial charge in [0.05, 0.1) is 6.04 Å². The van der Waals surface area contributed by atoms with Gasteiger partial charge in [0.15, 0.2) is 5.66 Å². The van der Waals surface area contributed by atoms with Crippen LogP contribution in [0.3, 0.4) is 0 Å². The summed E-state index contributed by atoms with van der Waals surface area (Å²) in [5.74, 6) is -3.54. The van der Waals surface area contributed by atoms with Crippen molar-refractivity contribution < 1.29 is 29.0 Å². The second-order valence-electron chi connectivity index (χ2n) is 9.60. The van der Waals surface area contributed by atoms with Gasteiger partial charge in [-0.25, -0.2) is 9.59 Å². The molecular weight excluding hydrogens is 498 g/mol.